The molecule has 0 unspecified atom stereocenters. The average Bonchev–Trinajstić information content (AvgIpc) is 3.23. The number of ether oxygens (including phenoxy) is 1. The molecule has 1 aliphatic heterocycles. The molecule has 190 valence electrons. The second-order valence-electron chi connectivity index (χ2n) is 9.01. The van der Waals surface area contributed by atoms with Crippen LogP contribution < -0.4 is 19.6 Å². The van der Waals surface area contributed by atoms with Crippen LogP contribution >= 0.6 is 27.3 Å². The first-order chi connectivity index (χ1) is 18.4. The third-order valence-corrected chi connectivity index (χ3v) is 8.29. The summed E-state index contributed by atoms with van der Waals surface area (Å²) in [5, 5.41) is 22.0. The Morgan fingerprint density at radius 2 is 2.00 bits per heavy atom. The second kappa shape index (κ2) is 9.38. The van der Waals surface area contributed by atoms with Gasteiger partial charge in [-0.2, -0.15) is 0 Å². The van der Waals surface area contributed by atoms with Gasteiger partial charge in [0.15, 0.2) is 4.80 Å². The van der Waals surface area contributed by atoms with Crippen molar-refractivity contribution >= 4 is 44.7 Å². The predicted octanol–water partition coefficient (Wildman–Crippen LogP) is 4.70. The van der Waals surface area contributed by atoms with Gasteiger partial charge in [0.05, 0.1) is 28.3 Å². The molecule has 2 aliphatic rings. The third-order valence-electron chi connectivity index (χ3n) is 6.85. The van der Waals surface area contributed by atoms with E-state index < -0.39 is 22.4 Å². The number of aromatic hydroxyl groups is 1. The van der Waals surface area contributed by atoms with Gasteiger partial charge in [0.2, 0.25) is 5.75 Å². The van der Waals surface area contributed by atoms with Crippen LogP contribution in [0.2, 0.25) is 0 Å². The van der Waals surface area contributed by atoms with Gasteiger partial charge in [0.1, 0.15) is 5.75 Å². The number of allylic oxidation sites excluding steroid dienone is 1. The Bertz CT molecular complexity index is 1860. The molecule has 3 aromatic carbocycles. The standard InChI is InChI=1S/C28H20BrN3O5S/c1-37-19-7-4-6-16(12-19)25-21-10-9-15-5-2-3-8-20(15)24(21)30-28-31(25)27(34)23(38-28)13-17-11-18(29)14-22(26(17)33)32(35)36/h2-8,11-14,25,33H,9-10H2,1H3/b23-13+/t25-/m0/s1. The molecular weight excluding hydrogens is 570 g/mol. The van der Waals surface area contributed by atoms with Crippen molar-refractivity contribution in [2.24, 2.45) is 4.99 Å². The van der Waals surface area contributed by atoms with Crippen LogP contribution in [0.25, 0.3) is 11.8 Å². The van der Waals surface area contributed by atoms with E-state index in [0.717, 1.165) is 35.2 Å². The van der Waals surface area contributed by atoms with Crippen molar-refractivity contribution in [3.63, 3.8) is 0 Å². The van der Waals surface area contributed by atoms with Gasteiger partial charge in [-0.05, 0) is 53.8 Å². The SMILES string of the molecule is COc1cccc([C@H]2C3=C(N=c4s/c(=C/c5cc(Br)cc([N+](=O)[O-])c5O)c(=O)n42)c2ccccc2CC3)c1. The number of methoxy groups -OCH3 is 1. The molecule has 4 aromatic rings. The largest absolute Gasteiger partial charge is 0.502 e. The van der Waals surface area contributed by atoms with Crippen molar-refractivity contribution in [2.45, 2.75) is 18.9 Å². The zero-order valence-electron chi connectivity index (χ0n) is 20.1. The highest BCUT2D eigenvalue weighted by Gasteiger charge is 2.32. The van der Waals surface area contributed by atoms with Gasteiger partial charge >= 0.3 is 5.69 Å². The van der Waals surface area contributed by atoms with E-state index >= 15 is 0 Å². The van der Waals surface area contributed by atoms with Crippen molar-refractivity contribution in [1.29, 1.82) is 0 Å². The van der Waals surface area contributed by atoms with Gasteiger partial charge in [-0.1, -0.05) is 63.7 Å². The van der Waals surface area contributed by atoms with Crippen molar-refractivity contribution in [2.75, 3.05) is 7.11 Å². The van der Waals surface area contributed by atoms with Gasteiger partial charge in [-0.15, -0.1) is 0 Å². The molecule has 2 heterocycles. The quantitative estimate of drug-likeness (QED) is 0.274. The Balaban J connectivity index is 1.63. The summed E-state index contributed by atoms with van der Waals surface area (Å²) in [6, 6.07) is 18.2. The topological polar surface area (TPSA) is 107 Å². The Morgan fingerprint density at radius 1 is 1.18 bits per heavy atom. The Hall–Kier alpha value is -4.02. The molecule has 0 fully saturated rings. The maximum absolute atomic E-state index is 13.9. The lowest BCUT2D eigenvalue weighted by Gasteiger charge is -2.31. The molecule has 6 rings (SSSR count). The number of thiazole rings is 1. The number of nitrogens with zero attached hydrogens (tertiary/aromatic N) is 3. The highest BCUT2D eigenvalue weighted by molar-refractivity contribution is 9.10. The van der Waals surface area contributed by atoms with E-state index in [4.69, 9.17) is 9.73 Å². The molecule has 10 heteroatoms. The number of fused-ring (bicyclic) bond motifs is 3. The highest BCUT2D eigenvalue weighted by atomic mass is 79.9. The van der Waals surface area contributed by atoms with E-state index in [1.165, 1.54) is 29.0 Å². The zero-order valence-corrected chi connectivity index (χ0v) is 22.5. The van der Waals surface area contributed by atoms with Gasteiger partial charge in [-0.3, -0.25) is 19.5 Å². The normalized spacial score (nSPS) is 16.4. The first-order valence-electron chi connectivity index (χ1n) is 11.8. The molecule has 0 spiro atoms. The van der Waals surface area contributed by atoms with E-state index in [-0.39, 0.29) is 11.1 Å². The number of phenols is 1. The summed E-state index contributed by atoms with van der Waals surface area (Å²) >= 11 is 4.45. The first kappa shape index (κ1) is 24.3. The van der Waals surface area contributed by atoms with Crippen LogP contribution in [-0.4, -0.2) is 21.7 Å². The fourth-order valence-electron chi connectivity index (χ4n) is 5.13. The molecule has 1 aromatic heterocycles. The molecule has 0 bridgehead atoms. The highest BCUT2D eigenvalue weighted by Crippen LogP contribution is 2.41. The number of rotatable bonds is 4. The fourth-order valence-corrected chi connectivity index (χ4v) is 6.59. The number of aromatic nitrogens is 1. The number of nitro benzene ring substituents is 1. The Morgan fingerprint density at radius 3 is 2.79 bits per heavy atom. The summed E-state index contributed by atoms with van der Waals surface area (Å²) in [4.78, 5) is 30.1. The smallest absolute Gasteiger partial charge is 0.312 e. The average molecular weight is 590 g/mol. The number of benzene rings is 3. The monoisotopic (exact) mass is 589 g/mol. The van der Waals surface area contributed by atoms with E-state index in [0.29, 0.717) is 19.6 Å². The van der Waals surface area contributed by atoms with E-state index in [2.05, 4.69) is 28.1 Å². The maximum Gasteiger partial charge on any atom is 0.312 e. The van der Waals surface area contributed by atoms with Crippen molar-refractivity contribution < 1.29 is 14.8 Å². The van der Waals surface area contributed by atoms with Gasteiger partial charge in [0, 0.05) is 21.7 Å². The summed E-state index contributed by atoms with van der Waals surface area (Å²) in [5.41, 5.74) is 4.53. The number of hydrogen-bond acceptors (Lipinski definition) is 7. The Kier molecular flexibility index (Phi) is 6.00. The fraction of sp³-hybridized carbons (Fsp3) is 0.143. The summed E-state index contributed by atoms with van der Waals surface area (Å²) < 4.78 is 7.89. The molecule has 38 heavy (non-hydrogen) atoms. The van der Waals surface area contributed by atoms with Gasteiger partial charge in [-0.25, -0.2) is 4.99 Å². The van der Waals surface area contributed by atoms with Crippen LogP contribution in [0, 0.1) is 10.1 Å². The van der Waals surface area contributed by atoms with Crippen LogP contribution in [-0.2, 0) is 6.42 Å². The van der Waals surface area contributed by atoms with E-state index in [9.17, 15) is 20.0 Å². The number of nitro groups is 1. The summed E-state index contributed by atoms with van der Waals surface area (Å²) in [6.07, 6.45) is 3.07. The molecule has 1 atom stereocenters. The molecule has 1 aliphatic carbocycles. The molecule has 0 saturated carbocycles. The molecule has 0 amide bonds. The number of hydrogen-bond donors (Lipinski definition) is 1. The van der Waals surface area contributed by atoms with E-state index in [1.807, 2.05) is 36.4 Å². The molecule has 0 saturated heterocycles. The zero-order chi connectivity index (χ0) is 26.6. The predicted molar refractivity (Wildman–Crippen MR) is 148 cm³/mol. The molecule has 8 nitrogen and oxygen atoms in total. The lowest BCUT2D eigenvalue weighted by molar-refractivity contribution is -0.385. The van der Waals surface area contributed by atoms with Crippen molar-refractivity contribution in [1.82, 2.24) is 4.57 Å². The van der Waals surface area contributed by atoms with E-state index in [1.54, 1.807) is 17.7 Å². The maximum atomic E-state index is 13.9. The molecule has 1 N–H and O–H groups in total. The lowest BCUT2D eigenvalue weighted by atomic mass is 9.83. The van der Waals surface area contributed by atoms with Crippen LogP contribution in [0.15, 0.2) is 80.5 Å². The lowest BCUT2D eigenvalue weighted by Crippen LogP contribution is -2.38. The minimum absolute atomic E-state index is 0.170. The van der Waals surface area contributed by atoms with Crippen LogP contribution in [0.1, 0.15) is 34.7 Å². The number of halogens is 1. The van der Waals surface area contributed by atoms with Crippen molar-refractivity contribution in [3.8, 4) is 11.5 Å². The summed E-state index contributed by atoms with van der Waals surface area (Å²) in [5.74, 6) is 0.188. The minimum atomic E-state index is -0.659. The summed E-state index contributed by atoms with van der Waals surface area (Å²) in [6.45, 7) is 0. The minimum Gasteiger partial charge on any atom is -0.502 e. The number of aryl methyl sites for hydroxylation is 1. The molecule has 0 radical (unpaired) electrons. The molecular formula is C28H20BrN3O5S. The van der Waals surface area contributed by atoms with Gasteiger partial charge < -0.3 is 9.84 Å². The van der Waals surface area contributed by atoms with Crippen LogP contribution in [0.5, 0.6) is 11.5 Å². The van der Waals surface area contributed by atoms with Crippen LogP contribution in [0.3, 0.4) is 0 Å². The second-order valence-corrected chi connectivity index (χ2v) is 10.9. The van der Waals surface area contributed by atoms with Gasteiger partial charge in [0.25, 0.3) is 5.56 Å². The first-order valence-corrected chi connectivity index (χ1v) is 13.4. The summed E-state index contributed by atoms with van der Waals surface area (Å²) in [7, 11) is 1.61. The van der Waals surface area contributed by atoms with Crippen LogP contribution in [0.4, 0.5) is 5.69 Å². The third kappa shape index (κ3) is 3.97. The number of phenolic OH excluding ortho intramolecular Hbond substituents is 1. The van der Waals surface area contributed by atoms with Crippen molar-refractivity contribution in [3.05, 3.63) is 123 Å². The Labute approximate surface area is 228 Å².